The quantitative estimate of drug-likeness (QED) is 0.802. The number of ether oxygens (including phenoxy) is 1. The first-order valence-electron chi connectivity index (χ1n) is 6.48. The van der Waals surface area contributed by atoms with Crippen molar-refractivity contribution in [1.82, 2.24) is 5.43 Å². The average Bonchev–Trinajstić information content (AvgIpc) is 2.41. The van der Waals surface area contributed by atoms with Crippen LogP contribution in [0.5, 0.6) is 0 Å². The molecule has 3 rings (SSSR count). The molecule has 0 radical (unpaired) electrons. The molecule has 0 bridgehead atoms. The summed E-state index contributed by atoms with van der Waals surface area (Å²) in [6.45, 7) is 2.91. The van der Waals surface area contributed by atoms with E-state index in [2.05, 4.69) is 34.7 Å². The van der Waals surface area contributed by atoms with Crippen molar-refractivity contribution < 1.29 is 4.74 Å². The van der Waals surface area contributed by atoms with Crippen LogP contribution in [0.4, 0.5) is 5.69 Å². The van der Waals surface area contributed by atoms with E-state index in [4.69, 9.17) is 4.74 Å². The fourth-order valence-electron chi connectivity index (χ4n) is 3.25. The third-order valence-electron chi connectivity index (χ3n) is 4.30. The number of nitrogens with one attached hydrogen (secondary N) is 1. The minimum absolute atomic E-state index is 0.363. The van der Waals surface area contributed by atoms with Gasteiger partial charge < -0.3 is 9.75 Å². The molecule has 0 aliphatic carbocycles. The second-order valence-electron chi connectivity index (χ2n) is 5.04. The van der Waals surface area contributed by atoms with Crippen LogP contribution in [-0.4, -0.2) is 26.8 Å². The standard InChI is InChI=1S/C14H20N2O/c1-15-16-9-6-14(7-10-17-11-8-14)12-4-2-3-5-13(12)16/h2-5,15H,6-11H2,1H3. The van der Waals surface area contributed by atoms with Gasteiger partial charge in [-0.1, -0.05) is 18.2 Å². The summed E-state index contributed by atoms with van der Waals surface area (Å²) >= 11 is 0. The van der Waals surface area contributed by atoms with Crippen molar-refractivity contribution in [2.45, 2.75) is 24.7 Å². The van der Waals surface area contributed by atoms with Crippen LogP contribution in [0.3, 0.4) is 0 Å². The van der Waals surface area contributed by atoms with Gasteiger partial charge in [-0.15, -0.1) is 0 Å². The molecule has 3 nitrogen and oxygen atoms in total. The van der Waals surface area contributed by atoms with Crippen LogP contribution in [-0.2, 0) is 10.2 Å². The van der Waals surface area contributed by atoms with Crippen molar-refractivity contribution >= 4 is 5.69 Å². The van der Waals surface area contributed by atoms with Crippen molar-refractivity contribution in [3.05, 3.63) is 29.8 Å². The summed E-state index contributed by atoms with van der Waals surface area (Å²) in [5.74, 6) is 0. The molecule has 0 amide bonds. The van der Waals surface area contributed by atoms with Gasteiger partial charge in [-0.2, -0.15) is 0 Å². The van der Waals surface area contributed by atoms with E-state index in [9.17, 15) is 0 Å². The molecule has 17 heavy (non-hydrogen) atoms. The highest BCUT2D eigenvalue weighted by atomic mass is 16.5. The molecule has 0 unspecified atom stereocenters. The number of anilines is 1. The Kier molecular flexibility index (Phi) is 2.81. The molecule has 1 N–H and O–H groups in total. The average molecular weight is 232 g/mol. The van der Waals surface area contributed by atoms with E-state index in [0.717, 1.165) is 19.8 Å². The molecule has 1 aromatic carbocycles. The summed E-state index contributed by atoms with van der Waals surface area (Å²) in [7, 11) is 2.00. The van der Waals surface area contributed by atoms with Gasteiger partial charge in [0.1, 0.15) is 0 Å². The molecule has 0 atom stereocenters. The van der Waals surface area contributed by atoms with E-state index < -0.39 is 0 Å². The molecule has 1 aromatic rings. The lowest BCUT2D eigenvalue weighted by atomic mass is 9.69. The molecule has 3 heteroatoms. The second-order valence-corrected chi connectivity index (χ2v) is 5.04. The zero-order valence-corrected chi connectivity index (χ0v) is 10.4. The summed E-state index contributed by atoms with van der Waals surface area (Å²) < 4.78 is 5.54. The van der Waals surface area contributed by atoms with Crippen LogP contribution in [0.1, 0.15) is 24.8 Å². The van der Waals surface area contributed by atoms with Gasteiger partial charge >= 0.3 is 0 Å². The molecular formula is C14H20N2O. The highest BCUT2D eigenvalue weighted by Crippen LogP contribution is 2.45. The van der Waals surface area contributed by atoms with Crippen molar-refractivity contribution in [1.29, 1.82) is 0 Å². The Morgan fingerprint density at radius 1 is 1.18 bits per heavy atom. The first-order chi connectivity index (χ1) is 8.36. The Balaban J connectivity index is 2.03. The Labute approximate surface area is 103 Å². The number of fused-ring (bicyclic) bond motifs is 2. The highest BCUT2D eigenvalue weighted by molar-refractivity contribution is 5.58. The normalized spacial score (nSPS) is 22.5. The summed E-state index contributed by atoms with van der Waals surface area (Å²) in [6, 6.07) is 8.81. The number of benzene rings is 1. The fraction of sp³-hybridized carbons (Fsp3) is 0.571. The lowest BCUT2D eigenvalue weighted by molar-refractivity contribution is 0.0457. The smallest absolute Gasteiger partial charge is 0.0557 e. The molecule has 0 saturated carbocycles. The SMILES string of the molecule is CNN1CCC2(CCOCC2)c2ccccc21. The number of hydrogen-bond donors (Lipinski definition) is 1. The molecule has 1 spiro atoms. The Morgan fingerprint density at radius 3 is 2.71 bits per heavy atom. The fourth-order valence-corrected chi connectivity index (χ4v) is 3.25. The number of nitrogens with zero attached hydrogens (tertiary/aromatic N) is 1. The molecule has 2 aliphatic heterocycles. The monoisotopic (exact) mass is 232 g/mol. The van der Waals surface area contributed by atoms with Gasteiger partial charge in [0.2, 0.25) is 0 Å². The van der Waals surface area contributed by atoms with E-state index >= 15 is 0 Å². The van der Waals surface area contributed by atoms with Gasteiger partial charge in [0, 0.05) is 32.2 Å². The van der Waals surface area contributed by atoms with E-state index in [0.29, 0.717) is 5.41 Å². The summed E-state index contributed by atoms with van der Waals surface area (Å²) in [5.41, 5.74) is 6.50. The molecule has 92 valence electrons. The molecule has 0 aromatic heterocycles. The Morgan fingerprint density at radius 2 is 1.94 bits per heavy atom. The van der Waals surface area contributed by atoms with E-state index in [-0.39, 0.29) is 0 Å². The number of para-hydroxylation sites is 1. The number of hydrazine groups is 1. The first-order valence-corrected chi connectivity index (χ1v) is 6.48. The predicted octanol–water partition coefficient (Wildman–Crippen LogP) is 2.08. The minimum Gasteiger partial charge on any atom is -0.381 e. The second kappa shape index (κ2) is 4.31. The van der Waals surface area contributed by atoms with E-state index in [1.165, 1.54) is 30.5 Å². The van der Waals surface area contributed by atoms with Crippen molar-refractivity contribution in [2.75, 3.05) is 31.8 Å². The summed E-state index contributed by atoms with van der Waals surface area (Å²) in [4.78, 5) is 0. The van der Waals surface area contributed by atoms with E-state index in [1.807, 2.05) is 7.05 Å². The van der Waals surface area contributed by atoms with Crippen molar-refractivity contribution in [3.63, 3.8) is 0 Å². The van der Waals surface area contributed by atoms with Gasteiger partial charge in [0.05, 0.1) is 5.69 Å². The maximum atomic E-state index is 5.54. The van der Waals surface area contributed by atoms with Gasteiger partial charge in [-0.25, -0.2) is 5.43 Å². The zero-order chi connectivity index (χ0) is 11.7. The summed E-state index contributed by atoms with van der Waals surface area (Å²) in [5, 5.41) is 2.26. The first kappa shape index (κ1) is 11.1. The van der Waals surface area contributed by atoms with Crippen LogP contribution < -0.4 is 10.4 Å². The Bertz CT molecular complexity index is 399. The largest absolute Gasteiger partial charge is 0.381 e. The topological polar surface area (TPSA) is 24.5 Å². The lowest BCUT2D eigenvalue weighted by Gasteiger charge is -2.45. The van der Waals surface area contributed by atoms with Crippen molar-refractivity contribution in [2.24, 2.45) is 0 Å². The highest BCUT2D eigenvalue weighted by Gasteiger charge is 2.39. The molecule has 1 fully saturated rings. The Hall–Kier alpha value is -1.06. The van der Waals surface area contributed by atoms with Crippen LogP contribution in [0, 0.1) is 0 Å². The van der Waals surface area contributed by atoms with Gasteiger partial charge in [-0.05, 0) is 30.9 Å². The van der Waals surface area contributed by atoms with Gasteiger partial charge in [0.15, 0.2) is 0 Å². The lowest BCUT2D eigenvalue weighted by Crippen LogP contribution is -2.47. The van der Waals surface area contributed by atoms with Crippen LogP contribution in [0.25, 0.3) is 0 Å². The molecule has 2 heterocycles. The van der Waals surface area contributed by atoms with E-state index in [1.54, 1.807) is 0 Å². The number of hydrogen-bond acceptors (Lipinski definition) is 3. The molecular weight excluding hydrogens is 212 g/mol. The predicted molar refractivity (Wildman–Crippen MR) is 69.2 cm³/mol. The third kappa shape index (κ3) is 1.74. The summed E-state index contributed by atoms with van der Waals surface area (Å²) in [6.07, 6.45) is 3.57. The third-order valence-corrected chi connectivity index (χ3v) is 4.30. The number of rotatable bonds is 1. The maximum absolute atomic E-state index is 5.54. The van der Waals surface area contributed by atoms with Crippen LogP contribution in [0.2, 0.25) is 0 Å². The van der Waals surface area contributed by atoms with Gasteiger partial charge in [-0.3, -0.25) is 0 Å². The minimum atomic E-state index is 0.363. The van der Waals surface area contributed by atoms with Crippen molar-refractivity contribution in [3.8, 4) is 0 Å². The maximum Gasteiger partial charge on any atom is 0.0557 e. The van der Waals surface area contributed by atoms with Gasteiger partial charge in [0.25, 0.3) is 0 Å². The molecule has 1 saturated heterocycles. The van der Waals surface area contributed by atoms with Crippen LogP contribution in [0.15, 0.2) is 24.3 Å². The van der Waals surface area contributed by atoms with Crippen LogP contribution >= 0.6 is 0 Å². The molecule has 2 aliphatic rings. The zero-order valence-electron chi connectivity index (χ0n) is 10.4.